The minimum absolute atomic E-state index is 0.0974. The van der Waals surface area contributed by atoms with Crippen molar-refractivity contribution in [1.82, 2.24) is 4.90 Å². The number of hydrogen-bond donors (Lipinski definition) is 0. The van der Waals surface area contributed by atoms with E-state index >= 15 is 0 Å². The van der Waals surface area contributed by atoms with E-state index in [9.17, 15) is 13.2 Å². The summed E-state index contributed by atoms with van der Waals surface area (Å²) in [5.74, 6) is 0.672. The Morgan fingerprint density at radius 2 is 1.33 bits per heavy atom. The molecule has 33 heavy (non-hydrogen) atoms. The standard InChI is InChI=1S/C28H27F3N2/c29-28(30,31)24-13-11-20(12-14-24)19-32-26-23-15-17-33(18-16-23)27(26)25(21-7-3-1-4-8-21)22-9-5-2-6-10-22/h1-14,19,23,25-27H,15-18H2. The van der Waals surface area contributed by atoms with Crippen molar-refractivity contribution in [2.75, 3.05) is 13.1 Å². The van der Waals surface area contributed by atoms with Gasteiger partial charge in [-0.1, -0.05) is 72.8 Å². The van der Waals surface area contributed by atoms with Gasteiger partial charge in [-0.15, -0.1) is 0 Å². The highest BCUT2D eigenvalue weighted by molar-refractivity contribution is 5.79. The molecule has 2 unspecified atom stereocenters. The molecule has 0 saturated carbocycles. The van der Waals surface area contributed by atoms with Crippen LogP contribution in [0.5, 0.6) is 0 Å². The maximum Gasteiger partial charge on any atom is 0.416 e. The Bertz CT molecular complexity index is 1030. The van der Waals surface area contributed by atoms with Crippen molar-refractivity contribution >= 4 is 6.21 Å². The first-order chi connectivity index (χ1) is 16.0. The summed E-state index contributed by atoms with van der Waals surface area (Å²) >= 11 is 0. The second kappa shape index (κ2) is 9.14. The first-order valence-electron chi connectivity index (χ1n) is 11.5. The Balaban J connectivity index is 1.50. The second-order valence-electron chi connectivity index (χ2n) is 9.05. The molecule has 0 N–H and O–H groups in total. The van der Waals surface area contributed by atoms with Gasteiger partial charge in [-0.05, 0) is 60.7 Å². The molecule has 3 fully saturated rings. The summed E-state index contributed by atoms with van der Waals surface area (Å²) < 4.78 is 38.8. The molecule has 5 heteroatoms. The van der Waals surface area contributed by atoms with Gasteiger partial charge in [0.25, 0.3) is 0 Å². The highest BCUT2D eigenvalue weighted by Gasteiger charge is 2.46. The summed E-state index contributed by atoms with van der Waals surface area (Å²) in [6, 6.07) is 26.8. The van der Waals surface area contributed by atoms with E-state index in [0.717, 1.165) is 38.1 Å². The highest BCUT2D eigenvalue weighted by atomic mass is 19.4. The predicted octanol–water partition coefficient (Wildman–Crippen LogP) is 6.42. The van der Waals surface area contributed by atoms with E-state index in [1.165, 1.54) is 23.3 Å². The molecule has 0 amide bonds. The van der Waals surface area contributed by atoms with E-state index in [0.29, 0.717) is 11.5 Å². The average molecular weight is 449 g/mol. The topological polar surface area (TPSA) is 15.6 Å². The van der Waals surface area contributed by atoms with Crippen molar-refractivity contribution in [1.29, 1.82) is 0 Å². The maximum absolute atomic E-state index is 12.9. The molecule has 0 aliphatic carbocycles. The maximum atomic E-state index is 12.9. The molecule has 3 aliphatic heterocycles. The zero-order valence-corrected chi connectivity index (χ0v) is 18.3. The van der Waals surface area contributed by atoms with Crippen LogP contribution in [0.3, 0.4) is 0 Å². The van der Waals surface area contributed by atoms with Crippen LogP contribution in [0.1, 0.15) is 41.0 Å². The molecule has 170 valence electrons. The van der Waals surface area contributed by atoms with E-state index < -0.39 is 11.7 Å². The fraction of sp³-hybridized carbons (Fsp3) is 0.321. The zero-order valence-electron chi connectivity index (χ0n) is 18.3. The van der Waals surface area contributed by atoms with Crippen LogP contribution < -0.4 is 0 Å². The quantitative estimate of drug-likeness (QED) is 0.411. The Labute approximate surface area is 192 Å². The molecule has 3 heterocycles. The summed E-state index contributed by atoms with van der Waals surface area (Å²) in [7, 11) is 0. The van der Waals surface area contributed by atoms with Gasteiger partial charge in [-0.25, -0.2) is 0 Å². The lowest BCUT2D eigenvalue weighted by Gasteiger charge is -2.52. The Morgan fingerprint density at radius 3 is 1.85 bits per heavy atom. The van der Waals surface area contributed by atoms with Crippen LogP contribution in [0.2, 0.25) is 0 Å². The van der Waals surface area contributed by atoms with Crippen LogP contribution >= 0.6 is 0 Å². The Kier molecular flexibility index (Phi) is 6.07. The molecule has 3 aliphatic rings. The van der Waals surface area contributed by atoms with Crippen LogP contribution in [-0.4, -0.2) is 36.3 Å². The van der Waals surface area contributed by atoms with Crippen LogP contribution in [0.15, 0.2) is 89.9 Å². The molecule has 0 aromatic heterocycles. The molecule has 3 aromatic rings. The van der Waals surface area contributed by atoms with E-state index in [-0.39, 0.29) is 18.0 Å². The summed E-state index contributed by atoms with van der Waals surface area (Å²) in [4.78, 5) is 7.60. The average Bonchev–Trinajstić information content (AvgIpc) is 2.85. The van der Waals surface area contributed by atoms with Gasteiger partial charge >= 0.3 is 6.18 Å². The summed E-state index contributed by atoms with van der Waals surface area (Å²) in [6.07, 6.45) is -0.328. The molecular weight excluding hydrogens is 421 g/mol. The van der Waals surface area contributed by atoms with Gasteiger partial charge in [0, 0.05) is 18.2 Å². The van der Waals surface area contributed by atoms with Crippen LogP contribution in [-0.2, 0) is 6.18 Å². The van der Waals surface area contributed by atoms with Crippen molar-refractivity contribution < 1.29 is 13.2 Å². The SMILES string of the molecule is FC(F)(F)c1ccc(C=NC2C3CCN(CC3)C2C(c2ccccc2)c2ccccc2)cc1. The van der Waals surface area contributed by atoms with Crippen molar-refractivity contribution in [2.45, 2.75) is 37.0 Å². The van der Waals surface area contributed by atoms with E-state index in [1.54, 1.807) is 6.21 Å². The number of aliphatic imine (C=N–C) groups is 1. The highest BCUT2D eigenvalue weighted by Crippen LogP contribution is 2.43. The second-order valence-corrected chi connectivity index (χ2v) is 9.05. The first kappa shape index (κ1) is 21.9. The number of halogens is 3. The third kappa shape index (κ3) is 4.60. The molecule has 6 rings (SSSR count). The fourth-order valence-electron chi connectivity index (χ4n) is 5.51. The van der Waals surface area contributed by atoms with Crippen molar-refractivity contribution in [3.8, 4) is 0 Å². The van der Waals surface area contributed by atoms with Gasteiger partial charge < -0.3 is 0 Å². The number of nitrogens with zero attached hydrogens (tertiary/aromatic N) is 2. The Hall–Kier alpha value is -2.92. The number of rotatable bonds is 5. The van der Waals surface area contributed by atoms with Gasteiger partial charge in [-0.3, -0.25) is 9.89 Å². The third-order valence-corrected chi connectivity index (χ3v) is 7.12. The molecular formula is C28H27F3N2. The summed E-state index contributed by atoms with van der Waals surface area (Å²) in [5, 5.41) is 0. The monoisotopic (exact) mass is 448 g/mol. The van der Waals surface area contributed by atoms with Gasteiger partial charge in [0.15, 0.2) is 0 Å². The molecule has 3 saturated heterocycles. The number of piperidine rings is 3. The fourth-order valence-corrected chi connectivity index (χ4v) is 5.51. The smallest absolute Gasteiger partial charge is 0.297 e. The number of alkyl halides is 3. The van der Waals surface area contributed by atoms with Crippen molar-refractivity contribution in [2.24, 2.45) is 10.9 Å². The summed E-state index contributed by atoms with van der Waals surface area (Å²) in [5.41, 5.74) is 2.62. The van der Waals surface area contributed by atoms with E-state index in [2.05, 4.69) is 53.4 Å². The van der Waals surface area contributed by atoms with Crippen LogP contribution in [0, 0.1) is 5.92 Å². The largest absolute Gasteiger partial charge is 0.416 e. The lowest BCUT2D eigenvalue weighted by molar-refractivity contribution is -0.137. The Morgan fingerprint density at radius 1 is 0.788 bits per heavy atom. The third-order valence-electron chi connectivity index (χ3n) is 7.12. The van der Waals surface area contributed by atoms with Gasteiger partial charge in [0.2, 0.25) is 0 Å². The number of fused-ring (bicyclic) bond motifs is 3. The van der Waals surface area contributed by atoms with Crippen molar-refractivity contribution in [3.05, 3.63) is 107 Å². The number of hydrogen-bond acceptors (Lipinski definition) is 2. The van der Waals surface area contributed by atoms with Gasteiger partial charge in [-0.2, -0.15) is 13.2 Å². The molecule has 0 spiro atoms. The normalized spacial score (nSPS) is 25.1. The van der Waals surface area contributed by atoms with Gasteiger partial charge in [0.1, 0.15) is 0 Å². The predicted molar refractivity (Wildman–Crippen MR) is 126 cm³/mol. The lowest BCUT2D eigenvalue weighted by Crippen LogP contribution is -2.59. The molecule has 2 bridgehead atoms. The van der Waals surface area contributed by atoms with E-state index in [1.807, 2.05) is 12.1 Å². The zero-order chi connectivity index (χ0) is 22.8. The van der Waals surface area contributed by atoms with Gasteiger partial charge in [0.05, 0.1) is 11.6 Å². The number of benzene rings is 3. The summed E-state index contributed by atoms with van der Waals surface area (Å²) in [6.45, 7) is 2.13. The molecule has 3 aromatic carbocycles. The minimum atomic E-state index is -4.32. The first-order valence-corrected chi connectivity index (χ1v) is 11.5. The molecule has 2 atom stereocenters. The lowest BCUT2D eigenvalue weighted by atomic mass is 9.71. The van der Waals surface area contributed by atoms with Crippen molar-refractivity contribution in [3.63, 3.8) is 0 Å². The molecule has 2 nitrogen and oxygen atoms in total. The van der Waals surface area contributed by atoms with E-state index in [4.69, 9.17) is 4.99 Å². The minimum Gasteiger partial charge on any atom is -0.297 e. The van der Waals surface area contributed by atoms with Crippen LogP contribution in [0.4, 0.5) is 13.2 Å². The molecule has 0 radical (unpaired) electrons. The van der Waals surface area contributed by atoms with Crippen LogP contribution in [0.25, 0.3) is 0 Å².